The van der Waals surface area contributed by atoms with E-state index in [0.29, 0.717) is 36.0 Å². The summed E-state index contributed by atoms with van der Waals surface area (Å²) >= 11 is 6.02. The van der Waals surface area contributed by atoms with Crippen LogP contribution in [0.5, 0.6) is 5.75 Å². The summed E-state index contributed by atoms with van der Waals surface area (Å²) in [6, 6.07) is 5.31. The van der Waals surface area contributed by atoms with Crippen LogP contribution in [-0.4, -0.2) is 55.3 Å². The van der Waals surface area contributed by atoms with Gasteiger partial charge in [-0.1, -0.05) is 18.0 Å². The molecule has 1 saturated heterocycles. The number of methoxy groups -OCH3 is 1. The average Bonchev–Trinajstić information content (AvgIpc) is 2.64. The summed E-state index contributed by atoms with van der Waals surface area (Å²) in [5.41, 5.74) is 0.0438. The molecule has 1 heterocycles. The second kappa shape index (κ2) is 10.7. The van der Waals surface area contributed by atoms with Crippen molar-refractivity contribution in [2.75, 3.05) is 32.1 Å². The third-order valence-electron chi connectivity index (χ3n) is 4.69. The Morgan fingerprint density at radius 1 is 1.28 bits per heavy atom. The molecule has 1 fully saturated rings. The second-order valence-electron chi connectivity index (χ2n) is 8.21. The first-order valence-corrected chi connectivity index (χ1v) is 10.4. The van der Waals surface area contributed by atoms with Gasteiger partial charge < -0.3 is 20.1 Å². The number of hydrogen-bond acceptors (Lipinski definition) is 5. The van der Waals surface area contributed by atoms with Crippen molar-refractivity contribution in [2.24, 2.45) is 0 Å². The first kappa shape index (κ1) is 23.3. The van der Waals surface area contributed by atoms with Gasteiger partial charge in [-0.2, -0.15) is 0 Å². The molecule has 0 aliphatic carbocycles. The van der Waals surface area contributed by atoms with Gasteiger partial charge in [0.05, 0.1) is 12.8 Å². The maximum absolute atomic E-state index is 12.4. The molecule has 0 spiro atoms. The van der Waals surface area contributed by atoms with Crippen LogP contribution < -0.4 is 15.4 Å². The monoisotopic (exact) mass is 425 g/mol. The van der Waals surface area contributed by atoms with Crippen LogP contribution in [0, 0.1) is 0 Å². The topological polar surface area (TPSA) is 79.9 Å². The minimum Gasteiger partial charge on any atom is -0.495 e. The van der Waals surface area contributed by atoms with Gasteiger partial charge in [-0.05, 0) is 58.4 Å². The summed E-state index contributed by atoms with van der Waals surface area (Å²) in [5, 5.41) is 6.25. The molecule has 2 rings (SSSR count). The fourth-order valence-electron chi connectivity index (χ4n) is 3.34. The van der Waals surface area contributed by atoms with Crippen molar-refractivity contribution in [3.63, 3.8) is 0 Å². The normalized spacial score (nSPS) is 17.5. The molecule has 2 amide bonds. The number of carbonyl (C=O) groups is 2. The number of hydrogen-bond donors (Lipinski definition) is 2. The number of piperidine rings is 1. The molecule has 29 heavy (non-hydrogen) atoms. The number of amides is 2. The first-order valence-electron chi connectivity index (χ1n) is 10.0. The lowest BCUT2D eigenvalue weighted by molar-refractivity contribution is -0.116. The third-order valence-corrected chi connectivity index (χ3v) is 4.93. The molecule has 0 radical (unpaired) electrons. The number of likely N-dealkylation sites (tertiary alicyclic amines) is 1. The average molecular weight is 426 g/mol. The number of alkyl carbamates (subject to hydrolysis) is 1. The van der Waals surface area contributed by atoms with Gasteiger partial charge in [0.2, 0.25) is 5.91 Å². The summed E-state index contributed by atoms with van der Waals surface area (Å²) in [6.45, 7) is 7.56. The van der Waals surface area contributed by atoms with Crippen LogP contribution in [0.4, 0.5) is 10.5 Å². The molecule has 1 aliphatic rings. The summed E-state index contributed by atoms with van der Waals surface area (Å²) in [6.07, 6.45) is 3.13. The van der Waals surface area contributed by atoms with Gasteiger partial charge in [0, 0.05) is 30.6 Å². The number of ether oxygens (including phenoxy) is 2. The summed E-state index contributed by atoms with van der Waals surface area (Å²) in [4.78, 5) is 26.6. The SMILES string of the molecule is COc1ccc(Cl)cc1NC(=O)CCN1CCCCC1CNC(=O)OC(C)(C)C. The van der Waals surface area contributed by atoms with E-state index in [9.17, 15) is 9.59 Å². The molecular formula is C21H32ClN3O4. The summed E-state index contributed by atoms with van der Waals surface area (Å²) in [7, 11) is 1.55. The quantitative estimate of drug-likeness (QED) is 0.688. The smallest absolute Gasteiger partial charge is 0.407 e. The van der Waals surface area contributed by atoms with Gasteiger partial charge in [0.25, 0.3) is 0 Å². The molecule has 0 saturated carbocycles. The largest absolute Gasteiger partial charge is 0.495 e. The van der Waals surface area contributed by atoms with E-state index in [0.717, 1.165) is 25.8 Å². The van der Waals surface area contributed by atoms with E-state index in [-0.39, 0.29) is 11.9 Å². The Labute approximate surface area is 178 Å². The zero-order valence-corrected chi connectivity index (χ0v) is 18.5. The van der Waals surface area contributed by atoms with Gasteiger partial charge in [0.1, 0.15) is 11.4 Å². The van der Waals surface area contributed by atoms with E-state index in [1.165, 1.54) is 0 Å². The van der Waals surface area contributed by atoms with Crippen LogP contribution in [0.3, 0.4) is 0 Å². The molecule has 1 unspecified atom stereocenters. The van der Waals surface area contributed by atoms with Crippen LogP contribution in [0.2, 0.25) is 5.02 Å². The Kier molecular flexibility index (Phi) is 8.59. The lowest BCUT2D eigenvalue weighted by Gasteiger charge is -2.35. The van der Waals surface area contributed by atoms with Crippen molar-refractivity contribution in [3.8, 4) is 5.75 Å². The minimum absolute atomic E-state index is 0.102. The molecule has 0 aromatic heterocycles. The molecule has 1 aromatic carbocycles. The van der Waals surface area contributed by atoms with Crippen molar-refractivity contribution >= 4 is 29.3 Å². The number of nitrogens with zero attached hydrogens (tertiary/aromatic N) is 1. The molecule has 2 N–H and O–H groups in total. The Balaban J connectivity index is 1.85. The predicted octanol–water partition coefficient (Wildman–Crippen LogP) is 4.06. The van der Waals surface area contributed by atoms with Crippen LogP contribution in [-0.2, 0) is 9.53 Å². The first-order chi connectivity index (χ1) is 13.7. The van der Waals surface area contributed by atoms with Gasteiger partial charge >= 0.3 is 6.09 Å². The Hall–Kier alpha value is -1.99. The maximum atomic E-state index is 12.4. The Morgan fingerprint density at radius 3 is 2.72 bits per heavy atom. The maximum Gasteiger partial charge on any atom is 0.407 e. The predicted molar refractivity (Wildman–Crippen MR) is 115 cm³/mol. The van der Waals surface area contributed by atoms with Crippen molar-refractivity contribution < 1.29 is 19.1 Å². The van der Waals surface area contributed by atoms with Crippen molar-refractivity contribution in [3.05, 3.63) is 23.2 Å². The number of carbonyl (C=O) groups excluding carboxylic acids is 2. The molecule has 162 valence electrons. The highest BCUT2D eigenvalue weighted by atomic mass is 35.5. The zero-order valence-electron chi connectivity index (χ0n) is 17.7. The van der Waals surface area contributed by atoms with E-state index in [4.69, 9.17) is 21.1 Å². The van der Waals surface area contributed by atoms with Gasteiger partial charge in [-0.3, -0.25) is 9.69 Å². The Morgan fingerprint density at radius 2 is 2.03 bits per heavy atom. The lowest BCUT2D eigenvalue weighted by atomic mass is 10.0. The molecule has 1 atom stereocenters. The number of anilines is 1. The molecule has 1 aliphatic heterocycles. The number of halogens is 1. The van der Waals surface area contributed by atoms with Crippen molar-refractivity contribution in [1.82, 2.24) is 10.2 Å². The highest BCUT2D eigenvalue weighted by Gasteiger charge is 2.24. The standard InChI is InChI=1S/C21H32ClN3O4/c1-21(2,3)29-20(27)23-14-16-7-5-6-11-25(16)12-10-19(26)24-17-13-15(22)8-9-18(17)28-4/h8-9,13,16H,5-7,10-12,14H2,1-4H3,(H,23,27)(H,24,26). The molecule has 0 bridgehead atoms. The van der Waals surface area contributed by atoms with Crippen molar-refractivity contribution in [2.45, 2.75) is 58.1 Å². The fourth-order valence-corrected chi connectivity index (χ4v) is 3.51. The van der Waals surface area contributed by atoms with E-state index in [2.05, 4.69) is 15.5 Å². The molecule has 8 heteroatoms. The van der Waals surface area contributed by atoms with E-state index in [1.54, 1.807) is 25.3 Å². The van der Waals surface area contributed by atoms with Crippen LogP contribution >= 0.6 is 11.6 Å². The number of benzene rings is 1. The minimum atomic E-state index is -0.518. The van der Waals surface area contributed by atoms with Crippen LogP contribution in [0.1, 0.15) is 46.5 Å². The van der Waals surface area contributed by atoms with E-state index in [1.807, 2.05) is 20.8 Å². The zero-order chi connectivity index (χ0) is 21.4. The fraction of sp³-hybridized carbons (Fsp3) is 0.619. The number of rotatable bonds is 7. The third kappa shape index (κ3) is 8.11. The summed E-state index contributed by atoms with van der Waals surface area (Å²) < 4.78 is 10.6. The molecule has 7 nitrogen and oxygen atoms in total. The lowest BCUT2D eigenvalue weighted by Crippen LogP contribution is -2.48. The Bertz CT molecular complexity index is 706. The highest BCUT2D eigenvalue weighted by molar-refractivity contribution is 6.31. The second-order valence-corrected chi connectivity index (χ2v) is 8.65. The van der Waals surface area contributed by atoms with Gasteiger partial charge in [0.15, 0.2) is 0 Å². The van der Waals surface area contributed by atoms with Crippen LogP contribution in [0.25, 0.3) is 0 Å². The van der Waals surface area contributed by atoms with E-state index < -0.39 is 11.7 Å². The highest BCUT2D eigenvalue weighted by Crippen LogP contribution is 2.27. The summed E-state index contributed by atoms with van der Waals surface area (Å²) in [5.74, 6) is 0.468. The van der Waals surface area contributed by atoms with Crippen LogP contribution in [0.15, 0.2) is 18.2 Å². The van der Waals surface area contributed by atoms with Gasteiger partial charge in [-0.25, -0.2) is 4.79 Å². The van der Waals surface area contributed by atoms with E-state index >= 15 is 0 Å². The molecule has 1 aromatic rings. The van der Waals surface area contributed by atoms with Crippen molar-refractivity contribution in [1.29, 1.82) is 0 Å². The van der Waals surface area contributed by atoms with Gasteiger partial charge in [-0.15, -0.1) is 0 Å². The molecular weight excluding hydrogens is 394 g/mol. The number of nitrogens with one attached hydrogen (secondary N) is 2.